The summed E-state index contributed by atoms with van der Waals surface area (Å²) < 4.78 is 24.3. The lowest BCUT2D eigenvalue weighted by Crippen LogP contribution is -2.25. The quantitative estimate of drug-likeness (QED) is 0.806. The van der Waals surface area contributed by atoms with Crippen molar-refractivity contribution < 1.29 is 8.78 Å². The fraction of sp³-hybridized carbons (Fsp3) is 0.500. The molecule has 1 heterocycles. The molecule has 0 bridgehead atoms. The monoisotopic (exact) mass is 215 g/mol. The van der Waals surface area contributed by atoms with Gasteiger partial charge in [0.25, 0.3) is 6.43 Å². The Morgan fingerprint density at radius 1 is 1.47 bits per heavy atom. The summed E-state index contributed by atoms with van der Waals surface area (Å²) in [4.78, 5) is 5.69. The van der Waals surface area contributed by atoms with Gasteiger partial charge in [-0.05, 0) is 19.2 Å². The summed E-state index contributed by atoms with van der Waals surface area (Å²) in [5, 5.41) is 2.96. The first-order chi connectivity index (χ1) is 7.13. The van der Waals surface area contributed by atoms with Crippen LogP contribution in [0.4, 0.5) is 14.6 Å². The van der Waals surface area contributed by atoms with Gasteiger partial charge in [0, 0.05) is 13.6 Å². The first-order valence-electron chi connectivity index (χ1n) is 4.73. The smallest absolute Gasteiger partial charge is 0.255 e. The van der Waals surface area contributed by atoms with E-state index in [1.54, 1.807) is 13.1 Å². The van der Waals surface area contributed by atoms with E-state index < -0.39 is 6.43 Å². The third-order valence-corrected chi connectivity index (χ3v) is 1.95. The van der Waals surface area contributed by atoms with Crippen LogP contribution in [-0.2, 0) is 6.54 Å². The molecule has 0 aliphatic heterocycles. The first-order valence-corrected chi connectivity index (χ1v) is 4.73. The van der Waals surface area contributed by atoms with E-state index in [1.807, 2.05) is 19.2 Å². The molecule has 0 aliphatic rings. The summed E-state index contributed by atoms with van der Waals surface area (Å²) in [5.41, 5.74) is 0.844. The van der Waals surface area contributed by atoms with Crippen LogP contribution in [0.1, 0.15) is 5.69 Å². The Labute approximate surface area is 88.1 Å². The van der Waals surface area contributed by atoms with Crippen molar-refractivity contribution in [2.75, 3.05) is 25.5 Å². The van der Waals surface area contributed by atoms with Gasteiger partial charge < -0.3 is 10.2 Å². The van der Waals surface area contributed by atoms with Crippen molar-refractivity contribution in [2.24, 2.45) is 0 Å². The summed E-state index contributed by atoms with van der Waals surface area (Å²) >= 11 is 0. The minimum atomic E-state index is -2.34. The Balaban J connectivity index is 2.71. The second-order valence-electron chi connectivity index (χ2n) is 3.29. The molecular weight excluding hydrogens is 200 g/mol. The Morgan fingerprint density at radius 3 is 2.80 bits per heavy atom. The van der Waals surface area contributed by atoms with E-state index >= 15 is 0 Å². The average Bonchev–Trinajstić information content (AvgIpc) is 2.17. The van der Waals surface area contributed by atoms with E-state index in [9.17, 15) is 8.78 Å². The molecule has 1 aromatic heterocycles. The van der Waals surface area contributed by atoms with Crippen molar-refractivity contribution in [3.05, 3.63) is 23.9 Å². The van der Waals surface area contributed by atoms with Gasteiger partial charge in [-0.15, -0.1) is 0 Å². The lowest BCUT2D eigenvalue weighted by molar-refractivity contribution is 0.156. The highest BCUT2D eigenvalue weighted by Gasteiger charge is 2.09. The molecule has 0 spiro atoms. The van der Waals surface area contributed by atoms with E-state index in [1.165, 1.54) is 4.90 Å². The van der Waals surface area contributed by atoms with Crippen molar-refractivity contribution in [1.82, 2.24) is 10.3 Å². The number of anilines is 1. The van der Waals surface area contributed by atoms with Crippen molar-refractivity contribution in [1.29, 1.82) is 0 Å². The maximum atomic E-state index is 12.1. The molecule has 1 rings (SSSR count). The fourth-order valence-electron chi connectivity index (χ4n) is 1.26. The van der Waals surface area contributed by atoms with Gasteiger partial charge in [0.2, 0.25) is 0 Å². The maximum absolute atomic E-state index is 12.1. The normalized spacial score (nSPS) is 10.7. The number of pyridine rings is 1. The van der Waals surface area contributed by atoms with Crippen LogP contribution in [0.2, 0.25) is 0 Å². The fourth-order valence-corrected chi connectivity index (χ4v) is 1.26. The van der Waals surface area contributed by atoms with Gasteiger partial charge in [0.1, 0.15) is 5.82 Å². The molecule has 15 heavy (non-hydrogen) atoms. The molecule has 1 aromatic rings. The number of halogens is 2. The molecule has 0 amide bonds. The SMILES string of the molecule is CNCc1cccc(N(C)CC(F)F)n1. The van der Waals surface area contributed by atoms with Crippen molar-refractivity contribution in [3.63, 3.8) is 0 Å². The molecular formula is C10H15F2N3. The molecule has 0 saturated carbocycles. The third-order valence-electron chi connectivity index (χ3n) is 1.95. The molecule has 3 nitrogen and oxygen atoms in total. The molecule has 0 saturated heterocycles. The summed E-state index contributed by atoms with van der Waals surface area (Å²) in [5.74, 6) is 0.572. The number of alkyl halides is 2. The Morgan fingerprint density at radius 2 is 2.20 bits per heavy atom. The number of hydrogen-bond acceptors (Lipinski definition) is 3. The van der Waals surface area contributed by atoms with Crippen LogP contribution in [0.15, 0.2) is 18.2 Å². The topological polar surface area (TPSA) is 28.2 Å². The molecule has 0 atom stereocenters. The standard InChI is InChI=1S/C10H15F2N3/c1-13-6-8-4-3-5-10(14-8)15(2)7-9(11)12/h3-5,9,13H,6-7H2,1-2H3. The lowest BCUT2D eigenvalue weighted by atomic mass is 10.3. The largest absolute Gasteiger partial charge is 0.354 e. The molecule has 84 valence electrons. The summed E-state index contributed by atoms with van der Waals surface area (Å²) in [6, 6.07) is 5.40. The third kappa shape index (κ3) is 3.79. The van der Waals surface area contributed by atoms with Crippen LogP contribution >= 0.6 is 0 Å². The van der Waals surface area contributed by atoms with Gasteiger partial charge >= 0.3 is 0 Å². The first kappa shape index (κ1) is 11.8. The maximum Gasteiger partial charge on any atom is 0.255 e. The molecule has 0 fully saturated rings. The number of nitrogens with zero attached hydrogens (tertiary/aromatic N) is 2. The van der Waals surface area contributed by atoms with Crippen LogP contribution in [0.5, 0.6) is 0 Å². The number of rotatable bonds is 5. The van der Waals surface area contributed by atoms with Gasteiger partial charge in [-0.3, -0.25) is 0 Å². The van der Waals surface area contributed by atoms with Gasteiger partial charge in [-0.25, -0.2) is 13.8 Å². The predicted octanol–water partition coefficient (Wildman–Crippen LogP) is 1.50. The van der Waals surface area contributed by atoms with E-state index in [0.29, 0.717) is 12.4 Å². The lowest BCUT2D eigenvalue weighted by Gasteiger charge is -2.17. The van der Waals surface area contributed by atoms with Gasteiger partial charge in [-0.2, -0.15) is 0 Å². The highest BCUT2D eigenvalue weighted by molar-refractivity contribution is 5.38. The number of aromatic nitrogens is 1. The molecule has 1 N–H and O–H groups in total. The summed E-state index contributed by atoms with van der Waals surface area (Å²) in [6.45, 7) is 0.340. The molecule has 0 unspecified atom stereocenters. The highest BCUT2D eigenvalue weighted by atomic mass is 19.3. The predicted molar refractivity (Wildman–Crippen MR) is 56.3 cm³/mol. The summed E-state index contributed by atoms with van der Waals surface area (Å²) in [6.07, 6.45) is -2.34. The zero-order chi connectivity index (χ0) is 11.3. The van der Waals surface area contributed by atoms with Crippen molar-refractivity contribution >= 4 is 5.82 Å². The van der Waals surface area contributed by atoms with Crippen molar-refractivity contribution in [3.8, 4) is 0 Å². The van der Waals surface area contributed by atoms with Crippen LogP contribution in [-0.4, -0.2) is 32.0 Å². The van der Waals surface area contributed by atoms with Crippen LogP contribution in [0.25, 0.3) is 0 Å². The molecule has 0 radical (unpaired) electrons. The molecule has 5 heteroatoms. The molecule has 0 aliphatic carbocycles. The van der Waals surface area contributed by atoms with Crippen molar-refractivity contribution in [2.45, 2.75) is 13.0 Å². The van der Waals surface area contributed by atoms with Gasteiger partial charge in [0.05, 0.1) is 12.2 Å². The van der Waals surface area contributed by atoms with Crippen LogP contribution < -0.4 is 10.2 Å². The Hall–Kier alpha value is -1.23. The molecule has 0 aromatic carbocycles. The second-order valence-corrected chi connectivity index (χ2v) is 3.29. The Bertz CT molecular complexity index is 304. The van der Waals surface area contributed by atoms with E-state index in [-0.39, 0.29) is 6.54 Å². The minimum Gasteiger partial charge on any atom is -0.354 e. The second kappa shape index (κ2) is 5.60. The minimum absolute atomic E-state index is 0.296. The Kier molecular flexibility index (Phi) is 4.42. The van der Waals surface area contributed by atoms with Gasteiger partial charge in [0.15, 0.2) is 0 Å². The van der Waals surface area contributed by atoms with E-state index in [0.717, 1.165) is 5.69 Å². The van der Waals surface area contributed by atoms with Crippen LogP contribution in [0, 0.1) is 0 Å². The number of hydrogen-bond donors (Lipinski definition) is 1. The van der Waals surface area contributed by atoms with E-state index in [2.05, 4.69) is 10.3 Å². The highest BCUT2D eigenvalue weighted by Crippen LogP contribution is 2.11. The van der Waals surface area contributed by atoms with Gasteiger partial charge in [-0.1, -0.05) is 6.07 Å². The average molecular weight is 215 g/mol. The summed E-state index contributed by atoms with van der Waals surface area (Å²) in [7, 11) is 3.43. The number of nitrogens with one attached hydrogen (secondary N) is 1. The zero-order valence-corrected chi connectivity index (χ0v) is 8.87. The zero-order valence-electron chi connectivity index (χ0n) is 8.87. The van der Waals surface area contributed by atoms with E-state index in [4.69, 9.17) is 0 Å². The van der Waals surface area contributed by atoms with Crippen LogP contribution in [0.3, 0.4) is 0 Å².